The number of rotatable bonds is 4. The van der Waals surface area contributed by atoms with Gasteiger partial charge in [0.1, 0.15) is 11.1 Å². The molecule has 27 heavy (non-hydrogen) atoms. The van der Waals surface area contributed by atoms with Crippen molar-refractivity contribution in [3.05, 3.63) is 45.5 Å². The van der Waals surface area contributed by atoms with E-state index in [1.54, 1.807) is 6.20 Å². The first kappa shape index (κ1) is 18.3. The van der Waals surface area contributed by atoms with E-state index in [1.165, 1.54) is 5.56 Å². The molecule has 0 saturated carbocycles. The Bertz CT molecular complexity index is 858. The number of hydrogen-bond donors (Lipinski definition) is 2. The Morgan fingerprint density at radius 3 is 3.11 bits per heavy atom. The van der Waals surface area contributed by atoms with E-state index < -0.39 is 0 Å². The lowest BCUT2D eigenvalue weighted by atomic mass is 9.83. The highest BCUT2D eigenvalue weighted by atomic mass is 35.5. The SMILES string of the molecule is CC1CNCCC1c1ccnc(O[C@@H]2CCN(c3cn[nH]c(=O)c3Cl)C2)c1. The summed E-state index contributed by atoms with van der Waals surface area (Å²) in [5.74, 6) is 1.81. The number of hydrogen-bond acceptors (Lipinski definition) is 6. The molecule has 2 aromatic heterocycles. The zero-order valence-corrected chi connectivity index (χ0v) is 16.1. The van der Waals surface area contributed by atoms with Gasteiger partial charge in [-0.15, -0.1) is 0 Å². The van der Waals surface area contributed by atoms with E-state index in [0.29, 0.717) is 29.9 Å². The number of pyridine rings is 1. The zero-order valence-electron chi connectivity index (χ0n) is 15.3. The summed E-state index contributed by atoms with van der Waals surface area (Å²) in [6.07, 6.45) is 5.41. The second kappa shape index (κ2) is 7.86. The minimum Gasteiger partial charge on any atom is -0.472 e. The third-order valence-electron chi connectivity index (χ3n) is 5.52. The van der Waals surface area contributed by atoms with Gasteiger partial charge in [0.25, 0.3) is 5.56 Å². The lowest BCUT2D eigenvalue weighted by molar-refractivity contribution is 0.215. The molecule has 2 N–H and O–H groups in total. The summed E-state index contributed by atoms with van der Waals surface area (Å²) in [6.45, 7) is 5.80. The standard InChI is InChI=1S/C19H24ClN5O2/c1-12-9-21-5-3-15(12)13-2-6-22-17(8-13)27-14-4-7-25(11-14)16-10-23-24-19(26)18(16)20/h2,6,8,10,12,14-15,21H,3-5,7,9,11H2,1H3,(H,24,26)/t12?,14-,15?/m1/s1. The fourth-order valence-corrected chi connectivity index (χ4v) is 4.25. The lowest BCUT2D eigenvalue weighted by Gasteiger charge is -2.30. The van der Waals surface area contributed by atoms with E-state index in [0.717, 1.165) is 32.5 Å². The number of H-pyrrole nitrogens is 1. The summed E-state index contributed by atoms with van der Waals surface area (Å²) >= 11 is 6.12. The Kier molecular flexibility index (Phi) is 5.31. The number of piperidine rings is 1. The number of halogens is 1. The number of aromatic amines is 1. The van der Waals surface area contributed by atoms with Crippen LogP contribution in [0.25, 0.3) is 0 Å². The number of aromatic nitrogens is 3. The second-order valence-electron chi connectivity index (χ2n) is 7.38. The topological polar surface area (TPSA) is 83.1 Å². The molecule has 3 atom stereocenters. The third kappa shape index (κ3) is 3.94. The Morgan fingerprint density at radius 1 is 1.37 bits per heavy atom. The molecular weight excluding hydrogens is 366 g/mol. The molecule has 4 rings (SSSR count). The molecule has 0 aliphatic carbocycles. The van der Waals surface area contributed by atoms with E-state index >= 15 is 0 Å². The highest BCUT2D eigenvalue weighted by Crippen LogP contribution is 2.32. The van der Waals surface area contributed by atoms with Crippen molar-refractivity contribution in [2.75, 3.05) is 31.1 Å². The van der Waals surface area contributed by atoms with Crippen LogP contribution in [0.5, 0.6) is 5.88 Å². The molecule has 2 fully saturated rings. The van der Waals surface area contributed by atoms with Gasteiger partial charge in [-0.05, 0) is 43.0 Å². The molecule has 2 aromatic rings. The highest BCUT2D eigenvalue weighted by molar-refractivity contribution is 6.33. The number of anilines is 1. The van der Waals surface area contributed by atoms with Crippen molar-refractivity contribution < 1.29 is 4.74 Å². The molecule has 4 heterocycles. The molecule has 0 bridgehead atoms. The summed E-state index contributed by atoms with van der Waals surface area (Å²) in [7, 11) is 0. The Morgan fingerprint density at radius 2 is 2.26 bits per heavy atom. The van der Waals surface area contributed by atoms with E-state index in [2.05, 4.69) is 39.6 Å². The van der Waals surface area contributed by atoms with Crippen molar-refractivity contribution in [3.8, 4) is 5.88 Å². The van der Waals surface area contributed by atoms with Crippen LogP contribution < -0.4 is 20.5 Å². The van der Waals surface area contributed by atoms with Crippen molar-refractivity contribution >= 4 is 17.3 Å². The molecule has 0 radical (unpaired) electrons. The summed E-state index contributed by atoms with van der Waals surface area (Å²) in [6, 6.07) is 4.18. The monoisotopic (exact) mass is 389 g/mol. The molecule has 2 aliphatic rings. The fourth-order valence-electron chi connectivity index (χ4n) is 4.04. The molecule has 0 amide bonds. The van der Waals surface area contributed by atoms with Gasteiger partial charge in [-0.3, -0.25) is 4.79 Å². The normalized spacial score (nSPS) is 25.6. The second-order valence-corrected chi connectivity index (χ2v) is 7.75. The van der Waals surface area contributed by atoms with Gasteiger partial charge in [0, 0.05) is 25.2 Å². The summed E-state index contributed by atoms with van der Waals surface area (Å²) in [4.78, 5) is 18.1. The highest BCUT2D eigenvalue weighted by Gasteiger charge is 2.28. The maximum absolute atomic E-state index is 11.7. The van der Waals surface area contributed by atoms with E-state index in [-0.39, 0.29) is 16.7 Å². The zero-order chi connectivity index (χ0) is 18.8. The Balaban J connectivity index is 1.44. The summed E-state index contributed by atoms with van der Waals surface area (Å²) in [5, 5.41) is 9.81. The first-order valence-electron chi connectivity index (χ1n) is 9.43. The average molecular weight is 390 g/mol. The van der Waals surface area contributed by atoms with Crippen LogP contribution in [-0.4, -0.2) is 47.5 Å². The molecule has 2 saturated heterocycles. The van der Waals surface area contributed by atoms with Crippen LogP contribution in [0.2, 0.25) is 5.02 Å². The summed E-state index contributed by atoms with van der Waals surface area (Å²) < 4.78 is 6.15. The van der Waals surface area contributed by atoms with Crippen molar-refractivity contribution in [1.82, 2.24) is 20.5 Å². The molecule has 0 aromatic carbocycles. The lowest BCUT2D eigenvalue weighted by Crippen LogP contribution is -2.33. The van der Waals surface area contributed by atoms with Crippen molar-refractivity contribution in [3.63, 3.8) is 0 Å². The van der Waals surface area contributed by atoms with E-state index in [1.807, 2.05) is 11.1 Å². The largest absolute Gasteiger partial charge is 0.472 e. The average Bonchev–Trinajstić information content (AvgIpc) is 3.13. The Labute approximate surface area is 163 Å². The van der Waals surface area contributed by atoms with Gasteiger partial charge in [-0.25, -0.2) is 10.1 Å². The molecule has 2 aliphatic heterocycles. The molecule has 2 unspecified atom stereocenters. The van der Waals surface area contributed by atoms with Crippen LogP contribution in [0, 0.1) is 5.92 Å². The van der Waals surface area contributed by atoms with Gasteiger partial charge in [0.2, 0.25) is 5.88 Å². The molecule has 7 nitrogen and oxygen atoms in total. The number of ether oxygens (including phenoxy) is 1. The van der Waals surface area contributed by atoms with Crippen LogP contribution in [0.4, 0.5) is 5.69 Å². The van der Waals surface area contributed by atoms with Crippen LogP contribution >= 0.6 is 11.6 Å². The first-order chi connectivity index (χ1) is 13.1. The van der Waals surface area contributed by atoms with Gasteiger partial charge in [-0.2, -0.15) is 5.10 Å². The van der Waals surface area contributed by atoms with Gasteiger partial charge in [-0.1, -0.05) is 18.5 Å². The maximum Gasteiger partial charge on any atom is 0.285 e. The van der Waals surface area contributed by atoms with Gasteiger partial charge >= 0.3 is 0 Å². The Hall–Kier alpha value is -2.12. The van der Waals surface area contributed by atoms with Gasteiger partial charge in [0.15, 0.2) is 0 Å². The minimum absolute atomic E-state index is 0.00792. The smallest absolute Gasteiger partial charge is 0.285 e. The number of nitrogens with one attached hydrogen (secondary N) is 2. The quantitative estimate of drug-likeness (QED) is 0.834. The maximum atomic E-state index is 11.7. The van der Waals surface area contributed by atoms with E-state index in [9.17, 15) is 4.79 Å². The predicted octanol–water partition coefficient (Wildman–Crippen LogP) is 2.19. The van der Waals surface area contributed by atoms with Gasteiger partial charge in [0.05, 0.1) is 18.4 Å². The van der Waals surface area contributed by atoms with Crippen molar-refractivity contribution in [2.24, 2.45) is 5.92 Å². The van der Waals surface area contributed by atoms with Crippen LogP contribution in [0.3, 0.4) is 0 Å². The van der Waals surface area contributed by atoms with Gasteiger partial charge < -0.3 is 15.0 Å². The third-order valence-corrected chi connectivity index (χ3v) is 5.89. The molecule has 8 heteroatoms. The number of nitrogens with zero attached hydrogens (tertiary/aromatic N) is 3. The van der Waals surface area contributed by atoms with Crippen LogP contribution in [0.1, 0.15) is 31.2 Å². The first-order valence-corrected chi connectivity index (χ1v) is 9.81. The minimum atomic E-state index is -0.371. The van der Waals surface area contributed by atoms with E-state index in [4.69, 9.17) is 16.3 Å². The van der Waals surface area contributed by atoms with Crippen LogP contribution in [0.15, 0.2) is 29.3 Å². The molecule has 0 spiro atoms. The fraction of sp³-hybridized carbons (Fsp3) is 0.526. The summed E-state index contributed by atoms with van der Waals surface area (Å²) in [5.41, 5.74) is 1.58. The van der Waals surface area contributed by atoms with Crippen LogP contribution in [-0.2, 0) is 0 Å². The molecular formula is C19H24ClN5O2. The predicted molar refractivity (Wildman–Crippen MR) is 105 cm³/mol. The molecule has 144 valence electrons. The van der Waals surface area contributed by atoms with Crippen molar-refractivity contribution in [1.29, 1.82) is 0 Å². The van der Waals surface area contributed by atoms with Crippen molar-refractivity contribution in [2.45, 2.75) is 31.8 Å².